The molecule has 0 aliphatic heterocycles. The number of nitrogens with one attached hydrogen (secondary N) is 1. The molecule has 3 rings (SSSR count). The molecule has 206 valence electrons. The average molecular weight is 554 g/mol. The number of benzene rings is 3. The summed E-state index contributed by atoms with van der Waals surface area (Å²) >= 11 is -2.81. The lowest BCUT2D eigenvalue weighted by Crippen LogP contribution is -2.50. The van der Waals surface area contributed by atoms with E-state index in [4.69, 9.17) is 20.4 Å². The molecule has 4 N–H and O–H groups in total. The number of carbonyl (C=O) groups excluding carboxylic acids is 2. The van der Waals surface area contributed by atoms with Crippen molar-refractivity contribution in [2.75, 3.05) is 17.5 Å². The number of hydrogen-bond donors (Lipinski definition) is 3. The minimum absolute atomic E-state index is 0.00838. The van der Waals surface area contributed by atoms with E-state index in [1.54, 1.807) is 79.7 Å². The number of amides is 1. The van der Waals surface area contributed by atoms with E-state index in [0.717, 1.165) is 15.4 Å². The molecule has 0 saturated heterocycles. The Labute approximate surface area is 228 Å². The number of anilines is 1. The smallest absolute Gasteiger partial charge is 0.331 e. The Kier molecular flexibility index (Phi) is 10.4. The van der Waals surface area contributed by atoms with Gasteiger partial charge in [0, 0.05) is 28.1 Å². The number of nitrogens with two attached hydrogens (primary N) is 1. The molecule has 0 radical (unpaired) electrons. The summed E-state index contributed by atoms with van der Waals surface area (Å²) in [6.45, 7) is 3.46. The van der Waals surface area contributed by atoms with Gasteiger partial charge >= 0.3 is 5.97 Å². The Morgan fingerprint density at radius 3 is 2.23 bits per heavy atom. The van der Waals surface area contributed by atoms with Crippen LogP contribution in [0.1, 0.15) is 34.0 Å². The summed E-state index contributed by atoms with van der Waals surface area (Å²) < 4.78 is 35.9. The van der Waals surface area contributed by atoms with Crippen LogP contribution in [0.2, 0.25) is 0 Å². The summed E-state index contributed by atoms with van der Waals surface area (Å²) in [5, 5.41) is 14.3. The maximum atomic E-state index is 12.8. The summed E-state index contributed by atoms with van der Waals surface area (Å²) in [5.74, 6) is -0.765. The zero-order valence-corrected chi connectivity index (χ0v) is 22.2. The monoisotopic (exact) mass is 553 g/mol. The normalized spacial score (nSPS) is 12.7. The number of amidine groups is 1. The first kappa shape index (κ1) is 29.1. The Morgan fingerprint density at radius 1 is 1.05 bits per heavy atom. The second-order valence-corrected chi connectivity index (χ2v) is 9.18. The van der Waals surface area contributed by atoms with Crippen LogP contribution in [0.15, 0.2) is 78.0 Å². The quantitative estimate of drug-likeness (QED) is 0.0768. The molecular weight excluding hydrogens is 524 g/mol. The molecule has 2 atom stereocenters. The lowest BCUT2D eigenvalue weighted by Gasteiger charge is -2.33. The van der Waals surface area contributed by atoms with Crippen molar-refractivity contribution in [3.05, 3.63) is 95.1 Å². The Bertz CT molecular complexity index is 1310. The van der Waals surface area contributed by atoms with Crippen LogP contribution in [0, 0.1) is 6.92 Å². The SMILES string of the molecule is CCOC(=O)C(CNC(=O)c1ccc(OCc2ccc(C(N)=NO)cc2)cc1)N(c1ccc(C)cc1)S(=O)[O-]. The van der Waals surface area contributed by atoms with Gasteiger partial charge in [-0.1, -0.05) is 47.1 Å². The van der Waals surface area contributed by atoms with Crippen molar-refractivity contribution in [2.24, 2.45) is 10.9 Å². The standard InChI is InChI=1S/C27H30N4O7S/c1-3-37-27(33)24(31(39(35)36)22-12-4-18(2)5-13-22)16-29-26(32)21-10-14-23(15-11-21)38-17-19-6-8-20(9-7-19)25(28)30-34/h4-15,24,34H,3,16-17H2,1-2H3,(H2,28,30)(H,29,32)(H,35,36)/p-1. The molecule has 0 heterocycles. The van der Waals surface area contributed by atoms with Crippen molar-refractivity contribution < 1.29 is 33.0 Å². The average Bonchev–Trinajstić information content (AvgIpc) is 2.94. The lowest BCUT2D eigenvalue weighted by atomic mass is 10.1. The molecule has 0 aliphatic carbocycles. The molecule has 0 bridgehead atoms. The van der Waals surface area contributed by atoms with Gasteiger partial charge in [-0.2, -0.15) is 0 Å². The number of rotatable bonds is 12. The highest BCUT2D eigenvalue weighted by Crippen LogP contribution is 2.21. The molecule has 2 unspecified atom stereocenters. The topological polar surface area (TPSA) is 167 Å². The second-order valence-electron chi connectivity index (χ2n) is 8.35. The van der Waals surface area contributed by atoms with E-state index in [1.165, 1.54) is 0 Å². The van der Waals surface area contributed by atoms with Crippen LogP contribution in [0.3, 0.4) is 0 Å². The van der Waals surface area contributed by atoms with Gasteiger partial charge < -0.3 is 30.3 Å². The van der Waals surface area contributed by atoms with Gasteiger partial charge in [0.05, 0.1) is 13.2 Å². The van der Waals surface area contributed by atoms with Crippen LogP contribution < -0.4 is 20.1 Å². The highest BCUT2D eigenvalue weighted by atomic mass is 32.2. The van der Waals surface area contributed by atoms with Crippen LogP contribution in [0.4, 0.5) is 5.69 Å². The lowest BCUT2D eigenvalue weighted by molar-refractivity contribution is -0.144. The molecule has 0 saturated carbocycles. The summed E-state index contributed by atoms with van der Waals surface area (Å²) in [7, 11) is 0. The van der Waals surface area contributed by atoms with E-state index < -0.39 is 29.2 Å². The second kappa shape index (κ2) is 13.9. The van der Waals surface area contributed by atoms with Crippen LogP contribution in [0.25, 0.3) is 0 Å². The van der Waals surface area contributed by atoms with E-state index in [-0.39, 0.29) is 31.3 Å². The maximum absolute atomic E-state index is 12.8. The van der Waals surface area contributed by atoms with Crippen molar-refractivity contribution in [3.63, 3.8) is 0 Å². The molecule has 0 aromatic heterocycles. The van der Waals surface area contributed by atoms with Gasteiger partial charge in [-0.15, -0.1) is 0 Å². The Hall–Kier alpha value is -4.42. The molecule has 12 heteroatoms. The molecule has 0 spiro atoms. The maximum Gasteiger partial charge on any atom is 0.331 e. The zero-order chi connectivity index (χ0) is 28.4. The highest BCUT2D eigenvalue weighted by Gasteiger charge is 2.29. The number of oxime groups is 1. The summed E-state index contributed by atoms with van der Waals surface area (Å²) in [6.07, 6.45) is 0. The predicted molar refractivity (Wildman–Crippen MR) is 145 cm³/mol. The van der Waals surface area contributed by atoms with Crippen LogP contribution in [-0.2, 0) is 27.4 Å². The van der Waals surface area contributed by atoms with Crippen molar-refractivity contribution in [1.82, 2.24) is 5.32 Å². The predicted octanol–water partition coefficient (Wildman–Crippen LogP) is 2.63. The van der Waals surface area contributed by atoms with Gasteiger partial charge in [0.15, 0.2) is 11.9 Å². The third-order valence-electron chi connectivity index (χ3n) is 5.63. The first-order valence-electron chi connectivity index (χ1n) is 11.9. The zero-order valence-electron chi connectivity index (χ0n) is 21.4. The van der Waals surface area contributed by atoms with Crippen LogP contribution in [-0.4, -0.2) is 50.9 Å². The molecule has 0 fully saturated rings. The fourth-order valence-corrected chi connectivity index (χ4v) is 4.21. The number of ether oxygens (including phenoxy) is 2. The molecule has 39 heavy (non-hydrogen) atoms. The number of aryl methyl sites for hydroxylation is 1. The van der Waals surface area contributed by atoms with Crippen molar-refractivity contribution in [3.8, 4) is 5.75 Å². The van der Waals surface area contributed by atoms with Crippen molar-refractivity contribution in [2.45, 2.75) is 26.5 Å². The number of carbonyl (C=O) groups is 2. The summed E-state index contributed by atoms with van der Waals surface area (Å²) in [5.41, 5.74) is 8.46. The highest BCUT2D eigenvalue weighted by molar-refractivity contribution is 7.80. The van der Waals surface area contributed by atoms with Crippen molar-refractivity contribution >= 4 is 34.7 Å². The van der Waals surface area contributed by atoms with E-state index in [0.29, 0.717) is 16.9 Å². The number of hydrogen-bond acceptors (Lipinski definition) is 8. The molecule has 11 nitrogen and oxygen atoms in total. The summed E-state index contributed by atoms with van der Waals surface area (Å²) in [6, 6.07) is 18.6. The van der Waals surface area contributed by atoms with Gasteiger partial charge in [0.2, 0.25) is 0 Å². The van der Waals surface area contributed by atoms with Crippen LogP contribution >= 0.6 is 0 Å². The Morgan fingerprint density at radius 2 is 1.67 bits per heavy atom. The van der Waals surface area contributed by atoms with Crippen LogP contribution in [0.5, 0.6) is 5.75 Å². The van der Waals surface area contributed by atoms with E-state index in [2.05, 4.69) is 10.5 Å². The Balaban J connectivity index is 1.64. The number of esters is 1. The fourth-order valence-electron chi connectivity index (χ4n) is 3.55. The first-order chi connectivity index (χ1) is 18.7. The van der Waals surface area contributed by atoms with E-state index in [9.17, 15) is 18.4 Å². The van der Waals surface area contributed by atoms with Gasteiger partial charge in [-0.25, -0.2) is 4.79 Å². The summed E-state index contributed by atoms with van der Waals surface area (Å²) in [4.78, 5) is 25.4. The third kappa shape index (κ3) is 8.03. The minimum Gasteiger partial charge on any atom is -0.755 e. The third-order valence-corrected chi connectivity index (χ3v) is 6.41. The van der Waals surface area contributed by atoms with Gasteiger partial charge in [0.1, 0.15) is 12.4 Å². The van der Waals surface area contributed by atoms with Gasteiger partial charge in [0.25, 0.3) is 5.91 Å². The number of nitrogens with zero attached hydrogens (tertiary/aromatic N) is 2. The van der Waals surface area contributed by atoms with Gasteiger partial charge in [-0.05, 0) is 55.8 Å². The first-order valence-corrected chi connectivity index (χ1v) is 13.0. The molecule has 0 aliphatic rings. The molecular formula is C27H29N4O7S-. The van der Waals surface area contributed by atoms with Crippen molar-refractivity contribution in [1.29, 1.82) is 0 Å². The molecule has 3 aromatic rings. The largest absolute Gasteiger partial charge is 0.755 e. The van der Waals surface area contributed by atoms with E-state index in [1.807, 2.05) is 6.92 Å². The molecule has 1 amide bonds. The molecule has 3 aromatic carbocycles. The fraction of sp³-hybridized carbons (Fsp3) is 0.222. The van der Waals surface area contributed by atoms with Gasteiger partial charge in [-0.3, -0.25) is 13.3 Å². The minimum atomic E-state index is -2.81. The van der Waals surface area contributed by atoms with E-state index >= 15 is 0 Å².